The highest BCUT2D eigenvalue weighted by Gasteiger charge is 2.23. The van der Waals surface area contributed by atoms with Crippen LogP contribution in [0.15, 0.2) is 18.2 Å². The van der Waals surface area contributed by atoms with Gasteiger partial charge in [-0.2, -0.15) is 0 Å². The van der Waals surface area contributed by atoms with Crippen LogP contribution in [-0.4, -0.2) is 37.6 Å². The number of benzene rings is 1. The highest BCUT2D eigenvalue weighted by atomic mass is 16.5. The zero-order valence-electron chi connectivity index (χ0n) is 14.7. The highest BCUT2D eigenvalue weighted by molar-refractivity contribution is 5.77. The Labute approximate surface area is 140 Å². The van der Waals surface area contributed by atoms with Crippen LogP contribution in [0.25, 0.3) is 0 Å². The Kier molecular flexibility index (Phi) is 6.46. The fraction of sp³-hybridized carbons (Fsp3) is 0.632. The number of ether oxygens (including phenoxy) is 1. The first-order valence-corrected chi connectivity index (χ1v) is 8.73. The molecule has 4 nitrogen and oxygen atoms in total. The van der Waals surface area contributed by atoms with Crippen molar-refractivity contribution in [3.8, 4) is 5.75 Å². The van der Waals surface area contributed by atoms with Crippen molar-refractivity contribution in [2.24, 2.45) is 11.7 Å². The van der Waals surface area contributed by atoms with Gasteiger partial charge >= 0.3 is 0 Å². The minimum absolute atomic E-state index is 0.0815. The normalized spacial score (nSPS) is 17.1. The number of nitrogens with two attached hydrogens (primary N) is 1. The van der Waals surface area contributed by atoms with E-state index in [1.54, 1.807) is 7.11 Å². The molecule has 0 bridgehead atoms. The first-order valence-electron chi connectivity index (χ1n) is 8.73. The maximum atomic E-state index is 12.6. The predicted molar refractivity (Wildman–Crippen MR) is 93.8 cm³/mol. The van der Waals surface area contributed by atoms with Gasteiger partial charge in [-0.1, -0.05) is 26.0 Å². The molecule has 128 valence electrons. The van der Waals surface area contributed by atoms with Gasteiger partial charge < -0.3 is 15.4 Å². The Morgan fingerprint density at radius 3 is 2.65 bits per heavy atom. The van der Waals surface area contributed by atoms with Gasteiger partial charge in [0.25, 0.3) is 0 Å². The van der Waals surface area contributed by atoms with Gasteiger partial charge in [0, 0.05) is 25.4 Å². The molecule has 0 aliphatic carbocycles. The number of aryl methyl sites for hydroxylation is 1. The number of nitrogens with zero attached hydrogens (tertiary/aromatic N) is 1. The molecular formula is C19H30N2O2. The molecule has 0 aromatic heterocycles. The molecule has 1 aliphatic rings. The van der Waals surface area contributed by atoms with E-state index in [1.807, 2.05) is 17.0 Å². The Bertz CT molecular complexity index is 522. The van der Waals surface area contributed by atoms with E-state index in [0.717, 1.165) is 49.6 Å². The summed E-state index contributed by atoms with van der Waals surface area (Å²) < 4.78 is 5.38. The van der Waals surface area contributed by atoms with Gasteiger partial charge in [0.1, 0.15) is 5.75 Å². The fourth-order valence-corrected chi connectivity index (χ4v) is 3.26. The van der Waals surface area contributed by atoms with Crippen LogP contribution in [0.5, 0.6) is 5.75 Å². The molecular weight excluding hydrogens is 288 g/mol. The summed E-state index contributed by atoms with van der Waals surface area (Å²) in [7, 11) is 1.69. The maximum absolute atomic E-state index is 12.6. The van der Waals surface area contributed by atoms with E-state index < -0.39 is 0 Å². The van der Waals surface area contributed by atoms with Gasteiger partial charge in [-0.25, -0.2) is 0 Å². The summed E-state index contributed by atoms with van der Waals surface area (Å²) in [6.45, 7) is 6.64. The minimum atomic E-state index is 0.0815. The average Bonchev–Trinajstić information content (AvgIpc) is 2.59. The molecule has 0 radical (unpaired) electrons. The molecule has 2 N–H and O–H groups in total. The highest BCUT2D eigenvalue weighted by Crippen LogP contribution is 2.27. The molecule has 23 heavy (non-hydrogen) atoms. The lowest BCUT2D eigenvalue weighted by Gasteiger charge is -2.31. The van der Waals surface area contributed by atoms with Crippen LogP contribution in [0, 0.1) is 5.92 Å². The number of hydrogen-bond acceptors (Lipinski definition) is 3. The molecule has 1 aromatic rings. The molecule has 1 aromatic carbocycles. The van der Waals surface area contributed by atoms with Crippen molar-refractivity contribution in [1.82, 2.24) is 4.90 Å². The van der Waals surface area contributed by atoms with Crippen LogP contribution in [0.2, 0.25) is 0 Å². The minimum Gasteiger partial charge on any atom is -0.496 e. The number of hydrogen-bond donors (Lipinski definition) is 1. The molecule has 2 rings (SSSR count). The van der Waals surface area contributed by atoms with E-state index in [2.05, 4.69) is 19.9 Å². The van der Waals surface area contributed by atoms with Crippen molar-refractivity contribution in [2.45, 2.75) is 45.4 Å². The monoisotopic (exact) mass is 318 g/mol. The van der Waals surface area contributed by atoms with Gasteiger partial charge in [0.05, 0.1) is 7.11 Å². The number of piperidine rings is 1. The second-order valence-electron chi connectivity index (χ2n) is 6.62. The van der Waals surface area contributed by atoms with Crippen LogP contribution >= 0.6 is 0 Å². The van der Waals surface area contributed by atoms with Crippen LogP contribution in [0.3, 0.4) is 0 Å². The molecule has 4 heteroatoms. The molecule has 1 aliphatic heterocycles. The van der Waals surface area contributed by atoms with Crippen molar-refractivity contribution in [3.05, 3.63) is 29.3 Å². The average molecular weight is 318 g/mol. The van der Waals surface area contributed by atoms with E-state index in [9.17, 15) is 4.79 Å². The van der Waals surface area contributed by atoms with Gasteiger partial charge in [0.15, 0.2) is 0 Å². The molecule has 1 saturated heterocycles. The Hall–Kier alpha value is -1.55. The molecule has 1 fully saturated rings. The lowest BCUT2D eigenvalue weighted by Crippen LogP contribution is -2.39. The number of rotatable bonds is 6. The number of carbonyl (C=O) groups excluding carboxylic acids is 1. The number of amides is 1. The van der Waals surface area contributed by atoms with Gasteiger partial charge in [-0.15, -0.1) is 0 Å². The number of methoxy groups -OCH3 is 1. The van der Waals surface area contributed by atoms with E-state index in [0.29, 0.717) is 13.0 Å². The van der Waals surface area contributed by atoms with E-state index in [4.69, 9.17) is 10.5 Å². The third-order valence-electron chi connectivity index (χ3n) is 5.00. The van der Waals surface area contributed by atoms with Gasteiger partial charge in [-0.3, -0.25) is 4.79 Å². The summed E-state index contributed by atoms with van der Waals surface area (Å²) >= 11 is 0. The van der Waals surface area contributed by atoms with Crippen LogP contribution in [-0.2, 0) is 11.2 Å². The summed E-state index contributed by atoms with van der Waals surface area (Å²) in [6, 6.07) is 6.17. The molecule has 1 heterocycles. The number of carbonyl (C=O) groups is 1. The molecule has 1 amide bonds. The smallest absolute Gasteiger partial charge is 0.223 e. The fourth-order valence-electron chi connectivity index (χ4n) is 3.26. The standard InChI is InChI=1S/C19H30N2O2/c1-4-15-11-16(5-6-18(15)23-3)17(13-20)12-19(22)21-9-7-14(2)8-10-21/h5-6,11,14,17H,4,7-10,12-13,20H2,1-3H3. The van der Waals surface area contributed by atoms with Crippen molar-refractivity contribution in [2.75, 3.05) is 26.7 Å². The van der Waals surface area contributed by atoms with Gasteiger partial charge in [-0.05, 0) is 48.9 Å². The topological polar surface area (TPSA) is 55.6 Å². The molecule has 1 unspecified atom stereocenters. The summed E-state index contributed by atoms with van der Waals surface area (Å²) in [5, 5.41) is 0. The summed E-state index contributed by atoms with van der Waals surface area (Å²) in [5.74, 6) is 1.96. The van der Waals surface area contributed by atoms with E-state index >= 15 is 0 Å². The van der Waals surface area contributed by atoms with Crippen LogP contribution < -0.4 is 10.5 Å². The summed E-state index contributed by atoms with van der Waals surface area (Å²) in [4.78, 5) is 14.6. The largest absolute Gasteiger partial charge is 0.496 e. The number of likely N-dealkylation sites (tertiary alicyclic amines) is 1. The summed E-state index contributed by atoms with van der Waals surface area (Å²) in [6.07, 6.45) is 3.63. The second kappa shape index (κ2) is 8.34. The Morgan fingerprint density at radius 2 is 2.09 bits per heavy atom. The quantitative estimate of drug-likeness (QED) is 0.877. The van der Waals surface area contributed by atoms with Gasteiger partial charge in [0.2, 0.25) is 5.91 Å². The van der Waals surface area contributed by atoms with E-state index in [1.165, 1.54) is 5.56 Å². The maximum Gasteiger partial charge on any atom is 0.223 e. The Morgan fingerprint density at radius 1 is 1.39 bits per heavy atom. The first-order chi connectivity index (χ1) is 11.1. The van der Waals surface area contributed by atoms with Crippen molar-refractivity contribution in [3.63, 3.8) is 0 Å². The zero-order chi connectivity index (χ0) is 16.8. The van der Waals surface area contributed by atoms with E-state index in [-0.39, 0.29) is 11.8 Å². The Balaban J connectivity index is 2.06. The lowest BCUT2D eigenvalue weighted by atomic mass is 9.92. The van der Waals surface area contributed by atoms with Crippen LogP contribution in [0.4, 0.5) is 0 Å². The van der Waals surface area contributed by atoms with Crippen molar-refractivity contribution >= 4 is 5.91 Å². The second-order valence-corrected chi connectivity index (χ2v) is 6.62. The third-order valence-corrected chi connectivity index (χ3v) is 5.00. The molecule has 1 atom stereocenters. The summed E-state index contributed by atoms with van der Waals surface area (Å²) in [5.41, 5.74) is 8.28. The SMILES string of the molecule is CCc1cc(C(CN)CC(=O)N2CCC(C)CC2)ccc1OC. The van der Waals surface area contributed by atoms with Crippen LogP contribution in [0.1, 0.15) is 50.2 Å². The zero-order valence-corrected chi connectivity index (χ0v) is 14.7. The van der Waals surface area contributed by atoms with Crippen molar-refractivity contribution in [1.29, 1.82) is 0 Å². The molecule has 0 spiro atoms. The third kappa shape index (κ3) is 4.47. The predicted octanol–water partition coefficient (Wildman–Crippen LogP) is 2.95. The molecule has 0 saturated carbocycles. The first kappa shape index (κ1) is 17.8. The van der Waals surface area contributed by atoms with Crippen molar-refractivity contribution < 1.29 is 9.53 Å². The lowest BCUT2D eigenvalue weighted by molar-refractivity contribution is -0.132.